The van der Waals surface area contributed by atoms with Crippen LogP contribution in [0.2, 0.25) is 0 Å². The third kappa shape index (κ3) is 4.01. The molecule has 4 nitrogen and oxygen atoms in total. The van der Waals surface area contributed by atoms with Crippen LogP contribution in [0.1, 0.15) is 26.7 Å². The first kappa shape index (κ1) is 13.9. The summed E-state index contributed by atoms with van der Waals surface area (Å²) in [6.45, 7) is 7.63. The van der Waals surface area contributed by atoms with Crippen LogP contribution >= 0.6 is 0 Å². The van der Waals surface area contributed by atoms with Gasteiger partial charge < -0.3 is 15.2 Å². The molecule has 0 aromatic carbocycles. The maximum Gasteiger partial charge on any atom is 0.0900 e. The molecule has 0 aromatic heterocycles. The second-order valence-corrected chi connectivity index (χ2v) is 4.64. The van der Waals surface area contributed by atoms with Gasteiger partial charge in [0.1, 0.15) is 0 Å². The summed E-state index contributed by atoms with van der Waals surface area (Å²) in [4.78, 5) is 2.40. The summed E-state index contributed by atoms with van der Waals surface area (Å²) in [5.74, 6) is 0. The van der Waals surface area contributed by atoms with Gasteiger partial charge in [0.2, 0.25) is 0 Å². The smallest absolute Gasteiger partial charge is 0.0900 e. The van der Waals surface area contributed by atoms with E-state index in [0.717, 1.165) is 32.5 Å². The summed E-state index contributed by atoms with van der Waals surface area (Å²) in [5, 5.41) is 13.3. The third-order valence-corrected chi connectivity index (χ3v) is 3.38. The van der Waals surface area contributed by atoms with E-state index in [1.807, 2.05) is 0 Å². The standard InChI is InChI=1S/C12H26N2O2/c1-4-10-7-14(8-12(15)9-16-3)11(5-2)6-13-10/h10-13,15H,4-9H2,1-3H3. The van der Waals surface area contributed by atoms with Crippen LogP contribution in [0.4, 0.5) is 0 Å². The molecule has 1 aliphatic rings. The van der Waals surface area contributed by atoms with Crippen molar-refractivity contribution in [2.45, 2.75) is 44.9 Å². The van der Waals surface area contributed by atoms with Crippen molar-refractivity contribution in [2.75, 3.05) is 33.4 Å². The van der Waals surface area contributed by atoms with Gasteiger partial charge in [-0.25, -0.2) is 0 Å². The molecule has 1 heterocycles. The predicted molar refractivity (Wildman–Crippen MR) is 65.6 cm³/mol. The number of aliphatic hydroxyl groups excluding tert-OH is 1. The summed E-state index contributed by atoms with van der Waals surface area (Å²) in [7, 11) is 1.63. The zero-order chi connectivity index (χ0) is 12.0. The molecule has 16 heavy (non-hydrogen) atoms. The molecule has 3 unspecified atom stereocenters. The number of hydrogen-bond donors (Lipinski definition) is 2. The lowest BCUT2D eigenvalue weighted by atomic mass is 10.0. The Kier molecular flexibility index (Phi) is 6.28. The monoisotopic (exact) mass is 230 g/mol. The zero-order valence-electron chi connectivity index (χ0n) is 10.8. The maximum absolute atomic E-state index is 9.79. The average molecular weight is 230 g/mol. The first-order valence-corrected chi connectivity index (χ1v) is 6.35. The van der Waals surface area contributed by atoms with E-state index in [4.69, 9.17) is 4.74 Å². The van der Waals surface area contributed by atoms with Crippen molar-refractivity contribution in [3.05, 3.63) is 0 Å². The fourth-order valence-corrected chi connectivity index (χ4v) is 2.34. The lowest BCUT2D eigenvalue weighted by Crippen LogP contribution is -2.57. The number of methoxy groups -OCH3 is 1. The lowest BCUT2D eigenvalue weighted by Gasteiger charge is -2.40. The number of hydrogen-bond acceptors (Lipinski definition) is 4. The number of piperazine rings is 1. The van der Waals surface area contributed by atoms with E-state index in [1.54, 1.807) is 7.11 Å². The van der Waals surface area contributed by atoms with Gasteiger partial charge in [0, 0.05) is 38.8 Å². The largest absolute Gasteiger partial charge is 0.389 e. The minimum absolute atomic E-state index is 0.366. The number of nitrogens with one attached hydrogen (secondary N) is 1. The minimum atomic E-state index is -0.366. The molecule has 1 fully saturated rings. The van der Waals surface area contributed by atoms with Gasteiger partial charge in [-0.05, 0) is 12.8 Å². The van der Waals surface area contributed by atoms with Gasteiger partial charge in [-0.2, -0.15) is 0 Å². The van der Waals surface area contributed by atoms with Gasteiger partial charge in [0.25, 0.3) is 0 Å². The molecule has 1 rings (SSSR count). The maximum atomic E-state index is 9.79. The van der Waals surface area contributed by atoms with Gasteiger partial charge in [-0.1, -0.05) is 13.8 Å². The summed E-state index contributed by atoms with van der Waals surface area (Å²) in [6, 6.07) is 1.12. The Morgan fingerprint density at radius 2 is 2.19 bits per heavy atom. The highest BCUT2D eigenvalue weighted by Crippen LogP contribution is 2.12. The fraction of sp³-hybridized carbons (Fsp3) is 1.00. The summed E-state index contributed by atoms with van der Waals surface area (Å²) in [6.07, 6.45) is 1.91. The van der Waals surface area contributed by atoms with Crippen molar-refractivity contribution in [3.8, 4) is 0 Å². The van der Waals surface area contributed by atoms with Crippen molar-refractivity contribution >= 4 is 0 Å². The van der Waals surface area contributed by atoms with E-state index >= 15 is 0 Å². The fourth-order valence-electron chi connectivity index (χ4n) is 2.34. The second-order valence-electron chi connectivity index (χ2n) is 4.64. The first-order valence-electron chi connectivity index (χ1n) is 6.35. The molecule has 96 valence electrons. The predicted octanol–water partition coefficient (Wildman–Crippen LogP) is 0.456. The molecule has 0 radical (unpaired) electrons. The minimum Gasteiger partial charge on any atom is -0.389 e. The molecular formula is C12H26N2O2. The Labute approximate surface area is 99.0 Å². The van der Waals surface area contributed by atoms with Crippen LogP contribution in [-0.4, -0.2) is 61.5 Å². The zero-order valence-corrected chi connectivity index (χ0v) is 10.8. The highest BCUT2D eigenvalue weighted by molar-refractivity contribution is 4.85. The Balaban J connectivity index is 2.44. The number of ether oxygens (including phenoxy) is 1. The van der Waals surface area contributed by atoms with Crippen LogP contribution in [0, 0.1) is 0 Å². The lowest BCUT2D eigenvalue weighted by molar-refractivity contribution is 0.0139. The normalized spacial score (nSPS) is 29.2. The molecule has 2 N–H and O–H groups in total. The van der Waals surface area contributed by atoms with Crippen LogP contribution in [0.5, 0.6) is 0 Å². The van der Waals surface area contributed by atoms with E-state index in [0.29, 0.717) is 18.7 Å². The first-order chi connectivity index (χ1) is 7.71. The molecule has 0 bridgehead atoms. The van der Waals surface area contributed by atoms with Gasteiger partial charge in [-0.15, -0.1) is 0 Å². The Morgan fingerprint density at radius 1 is 1.44 bits per heavy atom. The molecule has 3 atom stereocenters. The van der Waals surface area contributed by atoms with Gasteiger partial charge in [0.05, 0.1) is 12.7 Å². The number of nitrogens with zero attached hydrogens (tertiary/aromatic N) is 1. The number of rotatable bonds is 6. The quantitative estimate of drug-likeness (QED) is 0.696. The van der Waals surface area contributed by atoms with Crippen LogP contribution in [-0.2, 0) is 4.74 Å². The van der Waals surface area contributed by atoms with E-state index in [9.17, 15) is 5.11 Å². The van der Waals surface area contributed by atoms with E-state index in [-0.39, 0.29) is 6.10 Å². The van der Waals surface area contributed by atoms with Crippen molar-refractivity contribution in [1.82, 2.24) is 10.2 Å². The van der Waals surface area contributed by atoms with E-state index < -0.39 is 0 Å². The van der Waals surface area contributed by atoms with Crippen LogP contribution in [0.15, 0.2) is 0 Å². The van der Waals surface area contributed by atoms with Crippen LogP contribution in [0.25, 0.3) is 0 Å². The average Bonchev–Trinajstić information content (AvgIpc) is 2.29. The Bertz CT molecular complexity index is 190. The summed E-state index contributed by atoms with van der Waals surface area (Å²) < 4.78 is 4.97. The van der Waals surface area contributed by atoms with Crippen molar-refractivity contribution in [1.29, 1.82) is 0 Å². The van der Waals surface area contributed by atoms with E-state index in [1.165, 1.54) is 0 Å². The highest BCUT2D eigenvalue weighted by Gasteiger charge is 2.26. The van der Waals surface area contributed by atoms with Gasteiger partial charge >= 0.3 is 0 Å². The molecule has 4 heteroatoms. The molecule has 0 aromatic rings. The summed E-state index contributed by atoms with van der Waals surface area (Å²) in [5.41, 5.74) is 0. The molecule has 0 saturated carbocycles. The molecule has 1 saturated heterocycles. The highest BCUT2D eigenvalue weighted by atomic mass is 16.5. The molecule has 0 spiro atoms. The molecule has 0 aliphatic carbocycles. The molecule has 0 amide bonds. The van der Waals surface area contributed by atoms with Gasteiger partial charge in [-0.3, -0.25) is 4.90 Å². The second kappa shape index (κ2) is 7.22. The topological polar surface area (TPSA) is 44.7 Å². The van der Waals surface area contributed by atoms with Gasteiger partial charge in [0.15, 0.2) is 0 Å². The van der Waals surface area contributed by atoms with Crippen molar-refractivity contribution in [2.24, 2.45) is 0 Å². The Hall–Kier alpha value is -0.160. The van der Waals surface area contributed by atoms with E-state index in [2.05, 4.69) is 24.1 Å². The number of aliphatic hydroxyl groups is 1. The summed E-state index contributed by atoms with van der Waals surface area (Å²) >= 11 is 0. The van der Waals surface area contributed by atoms with Crippen LogP contribution in [0.3, 0.4) is 0 Å². The molecular weight excluding hydrogens is 204 g/mol. The van der Waals surface area contributed by atoms with Crippen LogP contribution < -0.4 is 5.32 Å². The SMILES string of the molecule is CCC1CN(CC(O)COC)C(CC)CN1. The van der Waals surface area contributed by atoms with Crippen molar-refractivity contribution < 1.29 is 9.84 Å². The Morgan fingerprint density at radius 3 is 2.75 bits per heavy atom. The molecule has 1 aliphatic heterocycles. The third-order valence-electron chi connectivity index (χ3n) is 3.38. The number of β-amino-alcohol motifs (C(OH)–C–C–N with tert-alkyl or cyclic N) is 1. The van der Waals surface area contributed by atoms with Crippen molar-refractivity contribution in [3.63, 3.8) is 0 Å².